The zero-order chi connectivity index (χ0) is 6.73. The molecule has 0 amide bonds. The van der Waals surface area contributed by atoms with Crippen LogP contribution in [0.25, 0.3) is 0 Å². The molecular formula is C4H14Ge2OS. The van der Waals surface area contributed by atoms with Crippen molar-refractivity contribution in [2.75, 3.05) is 0 Å². The minimum atomic E-state index is -1.17. The summed E-state index contributed by atoms with van der Waals surface area (Å²) in [6.45, 7) is 0. The van der Waals surface area contributed by atoms with Crippen LogP contribution in [0.5, 0.6) is 0 Å². The van der Waals surface area contributed by atoms with E-state index < -0.39 is 26.4 Å². The predicted molar refractivity (Wildman–Crippen MR) is 45.9 cm³/mol. The predicted octanol–water partition coefficient (Wildman–Crippen LogP) is 0.702. The molecule has 0 heterocycles. The molecule has 0 atom stereocenters. The van der Waals surface area contributed by atoms with Crippen LogP contribution in [-0.2, 0) is 7.45 Å². The Morgan fingerprint density at radius 3 is 1.25 bits per heavy atom. The van der Waals surface area contributed by atoms with E-state index in [0.717, 1.165) is 0 Å². The van der Waals surface area contributed by atoms with Gasteiger partial charge in [0, 0.05) is 0 Å². The fourth-order valence-electron chi connectivity index (χ4n) is 0.544. The molecule has 1 nitrogen and oxygen atoms in total. The molecule has 0 aromatic heterocycles. The van der Waals surface area contributed by atoms with E-state index in [4.69, 9.17) is 0 Å². The van der Waals surface area contributed by atoms with Gasteiger partial charge in [0.1, 0.15) is 0 Å². The van der Waals surface area contributed by atoms with Gasteiger partial charge in [-0.3, -0.25) is 0 Å². The molecule has 0 radical (unpaired) electrons. The monoisotopic (exact) mass is 258 g/mol. The third kappa shape index (κ3) is 3.30. The van der Waals surface area contributed by atoms with Gasteiger partial charge in [0.05, 0.1) is 0 Å². The maximum absolute atomic E-state index is 11.1. The molecular weight excluding hydrogens is 241 g/mol. The summed E-state index contributed by atoms with van der Waals surface area (Å²) in [7, 11) is -0.248. The summed E-state index contributed by atoms with van der Waals surface area (Å²) in [6.07, 6.45) is 0. The average molecular weight is 255 g/mol. The minimum absolute atomic E-state index is 0.248. The first kappa shape index (κ1) is 9.24. The van der Waals surface area contributed by atoms with Crippen molar-refractivity contribution >= 4 is 33.9 Å². The van der Waals surface area contributed by atoms with Gasteiger partial charge in [-0.15, -0.1) is 0 Å². The fourth-order valence-corrected chi connectivity index (χ4v) is 44.1. The first-order valence-corrected chi connectivity index (χ1v) is 19.8. The molecule has 0 saturated heterocycles. The summed E-state index contributed by atoms with van der Waals surface area (Å²) in [5.41, 5.74) is 0. The summed E-state index contributed by atoms with van der Waals surface area (Å²) in [4.78, 5) is 0. The molecule has 0 aliphatic carbocycles. The summed E-state index contributed by atoms with van der Waals surface area (Å²) < 4.78 is 11.1. The fraction of sp³-hybridized carbons (Fsp3) is 1.00. The third-order valence-corrected chi connectivity index (χ3v) is 50.1. The van der Waals surface area contributed by atoms with Crippen molar-refractivity contribution in [3.05, 3.63) is 0 Å². The van der Waals surface area contributed by atoms with Gasteiger partial charge < -0.3 is 0 Å². The summed E-state index contributed by atoms with van der Waals surface area (Å²) >= 11 is -2.35. The van der Waals surface area contributed by atoms with Crippen LogP contribution in [-0.4, -0.2) is 30.6 Å². The van der Waals surface area contributed by atoms with E-state index in [1.165, 1.54) is 0 Å². The second-order valence-corrected chi connectivity index (χ2v) is 34.7. The van der Waals surface area contributed by atoms with Gasteiger partial charge in [-0.05, 0) is 0 Å². The van der Waals surface area contributed by atoms with Crippen LogP contribution in [0.4, 0.5) is 0 Å². The Hall–Kier alpha value is 1.24. The normalized spacial score (nSPS) is 11.9. The first-order chi connectivity index (χ1) is 3.55. The van der Waals surface area contributed by atoms with E-state index in [0.29, 0.717) is 0 Å². The zero-order valence-electron chi connectivity index (χ0n) is 5.97. The van der Waals surface area contributed by atoms with Gasteiger partial charge in [-0.1, -0.05) is 0 Å². The standard InChI is InChI=1S/C4H14Ge2OS/c1-5(2)8(7)6(3)4/h5-6H,1-4H3. The second kappa shape index (κ2) is 4.12. The molecule has 0 fully saturated rings. The topological polar surface area (TPSA) is 17.1 Å². The van der Waals surface area contributed by atoms with Crippen LogP contribution < -0.4 is 0 Å². The van der Waals surface area contributed by atoms with Crippen molar-refractivity contribution in [1.82, 2.24) is 0 Å². The van der Waals surface area contributed by atoms with Crippen molar-refractivity contribution in [3.63, 3.8) is 0 Å². The van der Waals surface area contributed by atoms with Crippen LogP contribution in [0.15, 0.2) is 0 Å². The van der Waals surface area contributed by atoms with E-state index in [2.05, 4.69) is 23.0 Å². The van der Waals surface area contributed by atoms with E-state index in [1.807, 2.05) is 0 Å². The van der Waals surface area contributed by atoms with E-state index in [1.54, 1.807) is 0 Å². The van der Waals surface area contributed by atoms with Crippen molar-refractivity contribution in [3.8, 4) is 0 Å². The van der Waals surface area contributed by atoms with Crippen LogP contribution in [0.1, 0.15) is 0 Å². The van der Waals surface area contributed by atoms with E-state index >= 15 is 0 Å². The molecule has 4 heteroatoms. The molecule has 0 aromatic rings. The van der Waals surface area contributed by atoms with Crippen LogP contribution in [0.3, 0.4) is 0 Å². The Morgan fingerprint density at radius 1 is 1.00 bits per heavy atom. The Labute approximate surface area is 60.9 Å². The van der Waals surface area contributed by atoms with Crippen LogP contribution in [0.2, 0.25) is 23.0 Å². The Balaban J connectivity index is 3.65. The summed E-state index contributed by atoms with van der Waals surface area (Å²) in [6, 6.07) is 0. The number of hydrogen-bond acceptors (Lipinski definition) is 1. The molecule has 0 aromatic carbocycles. The van der Waals surface area contributed by atoms with Gasteiger partial charge in [0.2, 0.25) is 0 Å². The molecule has 0 saturated carbocycles. The van der Waals surface area contributed by atoms with Gasteiger partial charge in [0.15, 0.2) is 0 Å². The Morgan fingerprint density at radius 2 is 1.25 bits per heavy atom. The van der Waals surface area contributed by atoms with Gasteiger partial charge in [-0.25, -0.2) is 0 Å². The molecule has 0 aliphatic rings. The molecule has 0 rings (SSSR count). The Kier molecular flexibility index (Phi) is 4.75. The molecule has 0 aliphatic heterocycles. The molecule has 50 valence electrons. The number of hydrogen-bond donors (Lipinski definition) is 0. The van der Waals surface area contributed by atoms with Crippen molar-refractivity contribution in [2.45, 2.75) is 23.0 Å². The van der Waals surface area contributed by atoms with Crippen molar-refractivity contribution in [1.29, 1.82) is 0 Å². The summed E-state index contributed by atoms with van der Waals surface area (Å²) in [5.74, 6) is 8.87. The van der Waals surface area contributed by atoms with Gasteiger partial charge in [-0.2, -0.15) is 0 Å². The van der Waals surface area contributed by atoms with Gasteiger partial charge in [0.25, 0.3) is 0 Å². The molecule has 0 bridgehead atoms. The molecule has 0 unspecified atom stereocenters. The first-order valence-electron chi connectivity index (χ1n) is 2.95. The average Bonchev–Trinajstić information content (AvgIpc) is 1.64. The van der Waals surface area contributed by atoms with Crippen molar-refractivity contribution < 1.29 is 4.21 Å². The number of rotatable bonds is 2. The quantitative estimate of drug-likeness (QED) is 0.664. The Bertz CT molecular complexity index is 82.0. The van der Waals surface area contributed by atoms with Crippen LogP contribution in [0, 0.1) is 0 Å². The molecule has 0 spiro atoms. The molecule has 8 heavy (non-hydrogen) atoms. The van der Waals surface area contributed by atoms with Crippen molar-refractivity contribution in [2.24, 2.45) is 0 Å². The van der Waals surface area contributed by atoms with Crippen LogP contribution >= 0.6 is 0 Å². The molecule has 0 N–H and O–H groups in total. The van der Waals surface area contributed by atoms with Gasteiger partial charge >= 0.3 is 61.1 Å². The SMILES string of the molecule is [CH3][GeH]([CH3])[S](=O)[GeH]([CH3])[CH3]. The maximum atomic E-state index is 11.1. The second-order valence-electron chi connectivity index (χ2n) is 2.43. The third-order valence-electron chi connectivity index (χ3n) is 0.929. The zero-order valence-corrected chi connectivity index (χ0v) is 11.6. The summed E-state index contributed by atoms with van der Waals surface area (Å²) in [5, 5.41) is 0. The van der Waals surface area contributed by atoms with E-state index in [-0.39, 0.29) is 7.45 Å². The van der Waals surface area contributed by atoms with E-state index in [9.17, 15) is 4.21 Å².